The second kappa shape index (κ2) is 9.86. The van der Waals surface area contributed by atoms with Crippen LogP contribution in [0.25, 0.3) is 0 Å². The maximum atomic E-state index is 12.4. The van der Waals surface area contributed by atoms with Crippen LogP contribution in [0.15, 0.2) is 16.8 Å². The van der Waals surface area contributed by atoms with Crippen molar-refractivity contribution in [3.8, 4) is 6.07 Å². The van der Waals surface area contributed by atoms with Gasteiger partial charge in [-0.05, 0) is 30.2 Å². The fourth-order valence-electron chi connectivity index (χ4n) is 4.12. The minimum absolute atomic E-state index is 0.00699. The summed E-state index contributed by atoms with van der Waals surface area (Å²) >= 11 is 1.48. The first-order valence-corrected chi connectivity index (χ1v) is 10.8. The van der Waals surface area contributed by atoms with Crippen LogP contribution in [-0.4, -0.2) is 60.4 Å². The fourth-order valence-corrected chi connectivity index (χ4v) is 4.76. The number of rotatable bonds is 6. The molecular formula is C20H28N4O2S. The van der Waals surface area contributed by atoms with E-state index in [-0.39, 0.29) is 17.9 Å². The standard InChI is InChI=1S/C20H28N4O2S/c21-14-18(16-4-2-1-3-5-16)23-9-11-24(12-10-23)19(25)6-8-22-20(26)17-7-13-27-15-17/h7,13,15-16,18H,1-6,8-12H2,(H,22,26)/t18-/m1/s1. The minimum atomic E-state index is -0.127. The van der Waals surface area contributed by atoms with Gasteiger partial charge in [0.1, 0.15) is 6.04 Å². The number of nitrogens with zero attached hydrogens (tertiary/aromatic N) is 3. The average Bonchev–Trinajstić information content (AvgIpc) is 3.25. The van der Waals surface area contributed by atoms with Crippen LogP contribution in [0, 0.1) is 17.2 Å². The minimum Gasteiger partial charge on any atom is -0.351 e. The van der Waals surface area contributed by atoms with Gasteiger partial charge >= 0.3 is 0 Å². The Morgan fingerprint density at radius 3 is 2.59 bits per heavy atom. The summed E-state index contributed by atoms with van der Waals surface area (Å²) in [7, 11) is 0. The van der Waals surface area contributed by atoms with E-state index < -0.39 is 0 Å². The maximum absolute atomic E-state index is 12.4. The largest absolute Gasteiger partial charge is 0.351 e. The quantitative estimate of drug-likeness (QED) is 0.812. The Morgan fingerprint density at radius 1 is 1.22 bits per heavy atom. The van der Waals surface area contributed by atoms with Crippen LogP contribution in [0.1, 0.15) is 48.9 Å². The molecule has 3 rings (SSSR count). The number of piperazine rings is 1. The molecule has 1 aliphatic carbocycles. The number of nitriles is 1. The van der Waals surface area contributed by atoms with Gasteiger partial charge in [0.15, 0.2) is 0 Å². The van der Waals surface area contributed by atoms with Crippen LogP contribution in [0.2, 0.25) is 0 Å². The molecule has 1 saturated carbocycles. The molecule has 27 heavy (non-hydrogen) atoms. The van der Waals surface area contributed by atoms with Crippen molar-refractivity contribution in [1.82, 2.24) is 15.1 Å². The van der Waals surface area contributed by atoms with Gasteiger partial charge in [-0.1, -0.05) is 19.3 Å². The molecule has 1 aromatic heterocycles. The van der Waals surface area contributed by atoms with Gasteiger partial charge in [0.05, 0.1) is 6.07 Å². The van der Waals surface area contributed by atoms with Gasteiger partial charge in [0, 0.05) is 50.1 Å². The van der Waals surface area contributed by atoms with Gasteiger partial charge < -0.3 is 10.2 Å². The molecule has 2 amide bonds. The van der Waals surface area contributed by atoms with E-state index in [2.05, 4.69) is 16.3 Å². The van der Waals surface area contributed by atoms with E-state index in [0.29, 0.717) is 37.5 Å². The highest BCUT2D eigenvalue weighted by Crippen LogP contribution is 2.29. The zero-order valence-electron chi connectivity index (χ0n) is 15.7. The lowest BCUT2D eigenvalue weighted by atomic mass is 9.83. The first-order valence-electron chi connectivity index (χ1n) is 9.91. The molecule has 0 bridgehead atoms. The van der Waals surface area contributed by atoms with Gasteiger partial charge in [0.25, 0.3) is 5.91 Å². The molecule has 2 fully saturated rings. The SMILES string of the molecule is N#C[C@H](C1CCCCC1)N1CCN(C(=O)CCNC(=O)c2ccsc2)CC1. The van der Waals surface area contributed by atoms with Crippen LogP contribution in [-0.2, 0) is 4.79 Å². The van der Waals surface area contributed by atoms with E-state index >= 15 is 0 Å². The Morgan fingerprint density at radius 2 is 1.96 bits per heavy atom. The molecule has 146 valence electrons. The molecular weight excluding hydrogens is 360 g/mol. The molecule has 2 aliphatic rings. The average molecular weight is 389 g/mol. The molecule has 7 heteroatoms. The Kier molecular flexibility index (Phi) is 7.25. The normalized spacial score (nSPS) is 20.0. The van der Waals surface area contributed by atoms with Crippen LogP contribution in [0.3, 0.4) is 0 Å². The van der Waals surface area contributed by atoms with Gasteiger partial charge in [-0.3, -0.25) is 14.5 Å². The molecule has 1 aliphatic heterocycles. The molecule has 0 spiro atoms. The van der Waals surface area contributed by atoms with Crippen molar-refractivity contribution >= 4 is 23.2 Å². The third-order valence-corrected chi connectivity index (χ3v) is 6.38. The number of carbonyl (C=O) groups is 2. The molecule has 6 nitrogen and oxygen atoms in total. The van der Waals surface area contributed by atoms with Crippen molar-refractivity contribution in [1.29, 1.82) is 5.26 Å². The summed E-state index contributed by atoms with van der Waals surface area (Å²) in [5, 5.41) is 16.1. The summed E-state index contributed by atoms with van der Waals surface area (Å²) in [6.45, 7) is 3.23. The lowest BCUT2D eigenvalue weighted by molar-refractivity contribution is -0.133. The first kappa shape index (κ1) is 19.8. The van der Waals surface area contributed by atoms with E-state index in [0.717, 1.165) is 25.9 Å². The maximum Gasteiger partial charge on any atom is 0.252 e. The molecule has 0 radical (unpaired) electrons. The van der Waals surface area contributed by atoms with Crippen LogP contribution in [0.4, 0.5) is 0 Å². The second-order valence-electron chi connectivity index (χ2n) is 7.41. The van der Waals surface area contributed by atoms with Crippen molar-refractivity contribution in [2.24, 2.45) is 5.92 Å². The lowest BCUT2D eigenvalue weighted by Gasteiger charge is -2.40. The van der Waals surface area contributed by atoms with Crippen molar-refractivity contribution in [2.75, 3.05) is 32.7 Å². The van der Waals surface area contributed by atoms with Crippen molar-refractivity contribution in [2.45, 2.75) is 44.6 Å². The smallest absolute Gasteiger partial charge is 0.252 e. The van der Waals surface area contributed by atoms with E-state index in [9.17, 15) is 14.9 Å². The van der Waals surface area contributed by atoms with E-state index in [1.54, 1.807) is 11.4 Å². The monoisotopic (exact) mass is 388 g/mol. The Balaban J connectivity index is 1.39. The zero-order chi connectivity index (χ0) is 19.1. The molecule has 0 unspecified atom stereocenters. The molecule has 1 saturated heterocycles. The predicted octanol–water partition coefficient (Wildman–Crippen LogP) is 2.48. The summed E-state index contributed by atoms with van der Waals surface area (Å²) in [6, 6.07) is 4.29. The van der Waals surface area contributed by atoms with Crippen molar-refractivity contribution in [3.05, 3.63) is 22.4 Å². The van der Waals surface area contributed by atoms with Crippen molar-refractivity contribution < 1.29 is 9.59 Å². The Hall–Kier alpha value is -1.91. The molecule has 1 N–H and O–H groups in total. The highest BCUT2D eigenvalue weighted by molar-refractivity contribution is 7.08. The fraction of sp³-hybridized carbons (Fsp3) is 0.650. The van der Waals surface area contributed by atoms with Crippen LogP contribution < -0.4 is 5.32 Å². The predicted molar refractivity (Wildman–Crippen MR) is 105 cm³/mol. The number of thiophene rings is 1. The topological polar surface area (TPSA) is 76.4 Å². The first-order chi connectivity index (χ1) is 13.2. The van der Waals surface area contributed by atoms with E-state index in [1.165, 1.54) is 30.6 Å². The summed E-state index contributed by atoms with van der Waals surface area (Å²) in [4.78, 5) is 28.4. The Bertz CT molecular complexity index is 656. The second-order valence-corrected chi connectivity index (χ2v) is 8.19. The van der Waals surface area contributed by atoms with Gasteiger partial charge in [-0.2, -0.15) is 16.6 Å². The highest BCUT2D eigenvalue weighted by atomic mass is 32.1. The third kappa shape index (κ3) is 5.30. The van der Waals surface area contributed by atoms with E-state index in [1.807, 2.05) is 10.3 Å². The summed E-state index contributed by atoms with van der Waals surface area (Å²) in [6.07, 6.45) is 6.39. The number of hydrogen-bond acceptors (Lipinski definition) is 5. The third-order valence-electron chi connectivity index (χ3n) is 5.70. The van der Waals surface area contributed by atoms with Gasteiger partial charge in [-0.25, -0.2) is 0 Å². The summed E-state index contributed by atoms with van der Waals surface area (Å²) in [5.74, 6) is 0.433. The van der Waals surface area contributed by atoms with E-state index in [4.69, 9.17) is 0 Å². The van der Waals surface area contributed by atoms with Crippen LogP contribution in [0.5, 0.6) is 0 Å². The number of amides is 2. The zero-order valence-corrected chi connectivity index (χ0v) is 16.5. The van der Waals surface area contributed by atoms with Gasteiger partial charge in [0.2, 0.25) is 5.91 Å². The van der Waals surface area contributed by atoms with Gasteiger partial charge in [-0.15, -0.1) is 0 Å². The molecule has 2 heterocycles. The summed E-state index contributed by atoms with van der Waals surface area (Å²) in [5.41, 5.74) is 0.645. The lowest BCUT2D eigenvalue weighted by Crippen LogP contribution is -2.53. The molecule has 1 aromatic rings. The van der Waals surface area contributed by atoms with Crippen molar-refractivity contribution in [3.63, 3.8) is 0 Å². The summed E-state index contributed by atoms with van der Waals surface area (Å²) < 4.78 is 0. The van der Waals surface area contributed by atoms with Crippen LogP contribution >= 0.6 is 11.3 Å². The number of carbonyl (C=O) groups excluding carboxylic acids is 2. The molecule has 1 atom stereocenters. The number of nitrogens with one attached hydrogen (secondary N) is 1. The highest BCUT2D eigenvalue weighted by Gasteiger charge is 2.31. The Labute approximate surface area is 165 Å². The number of hydrogen-bond donors (Lipinski definition) is 1. The molecule has 0 aromatic carbocycles.